The molecule has 0 radical (unpaired) electrons. The number of carbonyl (C=O) groups excluding carboxylic acids is 2. The molecule has 0 aliphatic carbocycles. The van der Waals surface area contributed by atoms with Gasteiger partial charge in [-0.25, -0.2) is 0 Å². The zero-order chi connectivity index (χ0) is 16.0. The summed E-state index contributed by atoms with van der Waals surface area (Å²) in [6.45, 7) is 2.58. The van der Waals surface area contributed by atoms with Gasteiger partial charge >= 0.3 is 0 Å². The van der Waals surface area contributed by atoms with Crippen LogP contribution in [0.1, 0.15) is 15.9 Å². The standard InChI is InChI=1S/C15H23N3O3/c1-11-5-6-12(16)9-13(11)15(20)18(7-8-21-4)10-14(19)17(2)3/h5-6,9H,7-8,10,16H2,1-4H3. The second-order valence-electron chi connectivity index (χ2n) is 5.08. The van der Waals surface area contributed by atoms with Crippen LogP contribution in [0.5, 0.6) is 0 Å². The number of ether oxygens (including phenoxy) is 1. The Morgan fingerprint density at radius 2 is 1.95 bits per heavy atom. The normalized spacial score (nSPS) is 10.3. The summed E-state index contributed by atoms with van der Waals surface area (Å²) in [5, 5.41) is 0. The number of nitrogens with two attached hydrogens (primary N) is 1. The van der Waals surface area contributed by atoms with Gasteiger partial charge in [-0.1, -0.05) is 6.07 Å². The number of carbonyl (C=O) groups is 2. The van der Waals surface area contributed by atoms with E-state index in [0.29, 0.717) is 24.4 Å². The lowest BCUT2D eigenvalue weighted by molar-refractivity contribution is -0.129. The second-order valence-corrected chi connectivity index (χ2v) is 5.08. The van der Waals surface area contributed by atoms with Crippen molar-refractivity contribution < 1.29 is 14.3 Å². The van der Waals surface area contributed by atoms with Gasteiger partial charge in [0, 0.05) is 39.0 Å². The fourth-order valence-electron chi connectivity index (χ4n) is 1.80. The zero-order valence-electron chi connectivity index (χ0n) is 13.0. The van der Waals surface area contributed by atoms with Crippen LogP contribution in [0.3, 0.4) is 0 Å². The van der Waals surface area contributed by atoms with E-state index in [9.17, 15) is 9.59 Å². The predicted octanol–water partition coefficient (Wildman–Crippen LogP) is 0.754. The van der Waals surface area contributed by atoms with Gasteiger partial charge in [-0.2, -0.15) is 0 Å². The first-order chi connectivity index (χ1) is 9.86. The topological polar surface area (TPSA) is 75.9 Å². The number of anilines is 1. The summed E-state index contributed by atoms with van der Waals surface area (Å²) < 4.78 is 5.01. The highest BCUT2D eigenvalue weighted by Gasteiger charge is 2.21. The van der Waals surface area contributed by atoms with Crippen LogP contribution in [-0.2, 0) is 9.53 Å². The van der Waals surface area contributed by atoms with Crippen LogP contribution < -0.4 is 5.73 Å². The highest BCUT2D eigenvalue weighted by atomic mass is 16.5. The lowest BCUT2D eigenvalue weighted by Crippen LogP contribution is -2.42. The van der Waals surface area contributed by atoms with E-state index in [-0.39, 0.29) is 18.4 Å². The molecule has 6 nitrogen and oxygen atoms in total. The van der Waals surface area contributed by atoms with E-state index < -0.39 is 0 Å². The van der Waals surface area contributed by atoms with Crippen LogP contribution in [0.15, 0.2) is 18.2 Å². The predicted molar refractivity (Wildman–Crippen MR) is 82.1 cm³/mol. The van der Waals surface area contributed by atoms with Gasteiger partial charge in [0.25, 0.3) is 5.91 Å². The van der Waals surface area contributed by atoms with Crippen LogP contribution in [0.25, 0.3) is 0 Å². The molecule has 0 bridgehead atoms. The molecular weight excluding hydrogens is 270 g/mol. The monoisotopic (exact) mass is 293 g/mol. The molecule has 0 saturated heterocycles. The number of hydrogen-bond acceptors (Lipinski definition) is 4. The van der Waals surface area contributed by atoms with E-state index in [0.717, 1.165) is 5.56 Å². The third kappa shape index (κ3) is 4.75. The smallest absolute Gasteiger partial charge is 0.254 e. The first-order valence-corrected chi connectivity index (χ1v) is 6.71. The van der Waals surface area contributed by atoms with Crippen molar-refractivity contribution in [3.63, 3.8) is 0 Å². The quantitative estimate of drug-likeness (QED) is 0.785. The number of aryl methyl sites for hydroxylation is 1. The molecule has 2 amide bonds. The number of hydrogen-bond donors (Lipinski definition) is 1. The Balaban J connectivity index is 2.98. The molecular formula is C15H23N3O3. The molecule has 116 valence electrons. The fraction of sp³-hybridized carbons (Fsp3) is 0.467. The largest absolute Gasteiger partial charge is 0.399 e. The van der Waals surface area contributed by atoms with Gasteiger partial charge in [-0.05, 0) is 24.6 Å². The Morgan fingerprint density at radius 1 is 1.29 bits per heavy atom. The minimum atomic E-state index is -0.216. The summed E-state index contributed by atoms with van der Waals surface area (Å²) >= 11 is 0. The summed E-state index contributed by atoms with van der Waals surface area (Å²) in [5.41, 5.74) is 7.61. The Morgan fingerprint density at radius 3 is 2.52 bits per heavy atom. The number of benzene rings is 1. The molecule has 1 rings (SSSR count). The van der Waals surface area contributed by atoms with Crippen molar-refractivity contribution in [2.45, 2.75) is 6.92 Å². The summed E-state index contributed by atoms with van der Waals surface area (Å²) in [6.07, 6.45) is 0. The Kier molecular flexibility index (Phi) is 6.17. The number of methoxy groups -OCH3 is 1. The van der Waals surface area contributed by atoms with Crippen molar-refractivity contribution in [3.8, 4) is 0 Å². The van der Waals surface area contributed by atoms with Gasteiger partial charge in [-0.15, -0.1) is 0 Å². The molecule has 0 unspecified atom stereocenters. The van der Waals surface area contributed by atoms with Crippen molar-refractivity contribution in [2.24, 2.45) is 0 Å². The van der Waals surface area contributed by atoms with Gasteiger partial charge in [-0.3, -0.25) is 9.59 Å². The summed E-state index contributed by atoms with van der Waals surface area (Å²) in [5.74, 6) is -0.354. The van der Waals surface area contributed by atoms with Crippen LogP contribution in [0.2, 0.25) is 0 Å². The Hall–Kier alpha value is -2.08. The number of amides is 2. The molecule has 1 aromatic carbocycles. The van der Waals surface area contributed by atoms with Crippen molar-refractivity contribution in [1.82, 2.24) is 9.80 Å². The molecule has 1 aromatic rings. The van der Waals surface area contributed by atoms with Crippen molar-refractivity contribution >= 4 is 17.5 Å². The minimum absolute atomic E-state index is 0.0173. The lowest BCUT2D eigenvalue weighted by Gasteiger charge is -2.24. The average Bonchev–Trinajstić information content (AvgIpc) is 2.44. The van der Waals surface area contributed by atoms with E-state index in [4.69, 9.17) is 10.5 Å². The lowest BCUT2D eigenvalue weighted by atomic mass is 10.1. The first kappa shape index (κ1) is 17.0. The molecule has 21 heavy (non-hydrogen) atoms. The van der Waals surface area contributed by atoms with Gasteiger partial charge in [0.1, 0.15) is 6.54 Å². The summed E-state index contributed by atoms with van der Waals surface area (Å²) in [7, 11) is 4.88. The highest BCUT2D eigenvalue weighted by molar-refractivity contribution is 5.98. The maximum atomic E-state index is 12.6. The Bertz CT molecular complexity index is 515. The van der Waals surface area contributed by atoms with Gasteiger partial charge in [0.15, 0.2) is 0 Å². The number of likely N-dealkylation sites (N-methyl/N-ethyl adjacent to an activating group) is 1. The first-order valence-electron chi connectivity index (χ1n) is 6.71. The van der Waals surface area contributed by atoms with Crippen LogP contribution in [0, 0.1) is 6.92 Å². The molecule has 0 spiro atoms. The molecule has 0 aliphatic heterocycles. The van der Waals surface area contributed by atoms with E-state index in [1.165, 1.54) is 9.80 Å². The van der Waals surface area contributed by atoms with Gasteiger partial charge in [0.05, 0.1) is 6.61 Å². The van der Waals surface area contributed by atoms with Crippen molar-refractivity contribution in [1.29, 1.82) is 0 Å². The minimum Gasteiger partial charge on any atom is -0.399 e. The molecule has 2 N–H and O–H groups in total. The number of rotatable bonds is 6. The molecule has 0 aromatic heterocycles. The maximum Gasteiger partial charge on any atom is 0.254 e. The van der Waals surface area contributed by atoms with Gasteiger partial charge < -0.3 is 20.3 Å². The molecule has 0 aliphatic rings. The molecule has 0 atom stereocenters. The van der Waals surface area contributed by atoms with E-state index in [1.807, 2.05) is 6.92 Å². The average molecular weight is 293 g/mol. The van der Waals surface area contributed by atoms with Crippen LogP contribution >= 0.6 is 0 Å². The van der Waals surface area contributed by atoms with E-state index in [2.05, 4.69) is 0 Å². The van der Waals surface area contributed by atoms with Gasteiger partial charge in [0.2, 0.25) is 5.91 Å². The maximum absolute atomic E-state index is 12.6. The zero-order valence-corrected chi connectivity index (χ0v) is 13.0. The third-order valence-electron chi connectivity index (χ3n) is 3.17. The Labute approximate surface area is 125 Å². The molecule has 0 heterocycles. The van der Waals surface area contributed by atoms with Crippen molar-refractivity contribution in [2.75, 3.05) is 46.6 Å². The van der Waals surface area contributed by atoms with E-state index in [1.54, 1.807) is 39.4 Å². The number of nitrogen functional groups attached to an aromatic ring is 1. The SMILES string of the molecule is COCCN(CC(=O)N(C)C)C(=O)c1cc(N)ccc1C. The summed E-state index contributed by atoms with van der Waals surface area (Å²) in [4.78, 5) is 27.4. The molecule has 6 heteroatoms. The van der Waals surface area contributed by atoms with Crippen molar-refractivity contribution in [3.05, 3.63) is 29.3 Å². The number of nitrogens with zero attached hydrogens (tertiary/aromatic N) is 2. The second kappa shape index (κ2) is 7.64. The molecule has 0 fully saturated rings. The van der Waals surface area contributed by atoms with Crippen LogP contribution in [-0.4, -0.2) is 62.5 Å². The third-order valence-corrected chi connectivity index (χ3v) is 3.17. The molecule has 0 saturated carbocycles. The fourth-order valence-corrected chi connectivity index (χ4v) is 1.80. The van der Waals surface area contributed by atoms with E-state index >= 15 is 0 Å². The van der Waals surface area contributed by atoms with Crippen LogP contribution in [0.4, 0.5) is 5.69 Å². The highest BCUT2D eigenvalue weighted by Crippen LogP contribution is 2.15. The summed E-state index contributed by atoms with van der Waals surface area (Å²) in [6, 6.07) is 5.18.